The number of hydrogen-bond donors (Lipinski definition) is 0. The molecule has 0 spiro atoms. The average Bonchev–Trinajstić information content (AvgIpc) is 2.58. The number of fused-ring (bicyclic) bond motifs is 1. The van der Waals surface area contributed by atoms with Crippen LogP contribution in [0.5, 0.6) is 0 Å². The summed E-state index contributed by atoms with van der Waals surface area (Å²) in [6, 6.07) is 3.98. The largest absolute Gasteiger partial charge is 0.302 e. The van der Waals surface area contributed by atoms with Crippen LogP contribution in [0.25, 0.3) is 0 Å². The molecule has 0 N–H and O–H groups in total. The van der Waals surface area contributed by atoms with Gasteiger partial charge in [0.05, 0.1) is 6.54 Å². The smallest absolute Gasteiger partial charge is 0.150 e. The van der Waals surface area contributed by atoms with Gasteiger partial charge in [-0.3, -0.25) is 9.69 Å². The molecule has 0 bridgehead atoms. The third kappa shape index (κ3) is 1.83. The number of carbonyl (C=O) groups excluding carboxylic acids is 2. The van der Waals surface area contributed by atoms with Crippen molar-refractivity contribution >= 4 is 12.6 Å². The maximum atomic E-state index is 10.8. The molecule has 78 valence electrons. The maximum Gasteiger partial charge on any atom is 0.150 e. The minimum absolute atomic E-state index is 0.462. The fourth-order valence-corrected chi connectivity index (χ4v) is 2.03. The third-order valence-corrected chi connectivity index (χ3v) is 2.84. The third-order valence-electron chi connectivity index (χ3n) is 2.84. The second kappa shape index (κ2) is 3.95. The van der Waals surface area contributed by atoms with E-state index in [1.807, 2.05) is 19.1 Å². The molecule has 0 radical (unpaired) electrons. The summed E-state index contributed by atoms with van der Waals surface area (Å²) in [6.07, 6.45) is 1.80. The van der Waals surface area contributed by atoms with Gasteiger partial charge >= 0.3 is 0 Å². The highest BCUT2D eigenvalue weighted by atomic mass is 16.1. The highest BCUT2D eigenvalue weighted by Crippen LogP contribution is 2.24. The Morgan fingerprint density at radius 2 is 1.93 bits per heavy atom. The van der Waals surface area contributed by atoms with Crippen LogP contribution < -0.4 is 0 Å². The first-order valence-electron chi connectivity index (χ1n) is 4.98. The lowest BCUT2D eigenvalue weighted by atomic mass is 10.0. The first kappa shape index (κ1) is 10.1. The van der Waals surface area contributed by atoms with Gasteiger partial charge in [-0.1, -0.05) is 6.07 Å². The zero-order valence-corrected chi connectivity index (χ0v) is 8.69. The summed E-state index contributed by atoms with van der Waals surface area (Å²) in [5.74, 6) is 0. The molecule has 1 aliphatic heterocycles. The molecule has 0 aliphatic carbocycles. The van der Waals surface area contributed by atoms with E-state index >= 15 is 0 Å². The van der Waals surface area contributed by atoms with Crippen LogP contribution in [-0.2, 0) is 17.9 Å². The molecule has 0 aromatic heterocycles. The number of rotatable bonds is 3. The second-order valence-corrected chi connectivity index (χ2v) is 3.93. The van der Waals surface area contributed by atoms with E-state index in [9.17, 15) is 9.59 Å². The molecule has 1 aromatic rings. The molecule has 2 rings (SSSR count). The van der Waals surface area contributed by atoms with Crippen molar-refractivity contribution in [3.05, 3.63) is 34.4 Å². The number of carbonyl (C=O) groups is 2. The van der Waals surface area contributed by atoms with Gasteiger partial charge < -0.3 is 4.79 Å². The van der Waals surface area contributed by atoms with E-state index in [0.717, 1.165) is 36.8 Å². The Balaban J connectivity index is 2.30. The van der Waals surface area contributed by atoms with Crippen LogP contribution in [0.1, 0.15) is 27.0 Å². The van der Waals surface area contributed by atoms with Gasteiger partial charge in [-0.15, -0.1) is 0 Å². The molecular formula is C12H13NO2. The summed E-state index contributed by atoms with van der Waals surface area (Å²) >= 11 is 0. The summed E-state index contributed by atoms with van der Waals surface area (Å²) < 4.78 is 0. The van der Waals surface area contributed by atoms with Crippen LogP contribution in [0.15, 0.2) is 12.1 Å². The fraction of sp³-hybridized carbons (Fsp3) is 0.333. The van der Waals surface area contributed by atoms with E-state index in [4.69, 9.17) is 0 Å². The number of benzene rings is 1. The fourth-order valence-electron chi connectivity index (χ4n) is 2.03. The van der Waals surface area contributed by atoms with Gasteiger partial charge in [0.2, 0.25) is 0 Å². The molecule has 0 unspecified atom stereocenters. The van der Waals surface area contributed by atoms with Crippen molar-refractivity contribution in [3.63, 3.8) is 0 Å². The molecule has 0 atom stereocenters. The average molecular weight is 203 g/mol. The summed E-state index contributed by atoms with van der Waals surface area (Å²) in [5.41, 5.74) is 4.17. The van der Waals surface area contributed by atoms with E-state index in [0.29, 0.717) is 6.54 Å². The molecule has 3 nitrogen and oxygen atoms in total. The van der Waals surface area contributed by atoms with Crippen LogP contribution in [-0.4, -0.2) is 24.0 Å². The Hall–Kier alpha value is -1.48. The summed E-state index contributed by atoms with van der Waals surface area (Å²) in [7, 11) is 0. The summed E-state index contributed by atoms with van der Waals surface area (Å²) in [5, 5.41) is 0. The molecule has 1 aromatic carbocycles. The van der Waals surface area contributed by atoms with Gasteiger partial charge in [-0.05, 0) is 29.7 Å². The lowest BCUT2D eigenvalue weighted by molar-refractivity contribution is -0.108. The van der Waals surface area contributed by atoms with E-state index < -0.39 is 0 Å². The zero-order chi connectivity index (χ0) is 10.8. The number of aldehydes is 2. The highest BCUT2D eigenvalue weighted by molar-refractivity contribution is 5.78. The Morgan fingerprint density at radius 1 is 1.27 bits per heavy atom. The Bertz CT molecular complexity index is 412. The standard InChI is InChI=1S/C12H13NO2/c1-9-4-10-6-13(2-3-14)7-11(10)5-12(9)8-15/h3-5,8H,2,6-7H2,1H3. The van der Waals surface area contributed by atoms with Crippen molar-refractivity contribution in [2.45, 2.75) is 20.0 Å². The maximum absolute atomic E-state index is 10.8. The normalized spacial score (nSPS) is 15.0. The molecular weight excluding hydrogens is 190 g/mol. The van der Waals surface area contributed by atoms with Gasteiger partial charge in [0.25, 0.3) is 0 Å². The van der Waals surface area contributed by atoms with Crippen molar-refractivity contribution in [1.82, 2.24) is 4.90 Å². The van der Waals surface area contributed by atoms with Crippen molar-refractivity contribution in [2.24, 2.45) is 0 Å². The molecule has 3 heteroatoms. The molecule has 1 heterocycles. The van der Waals surface area contributed by atoms with Gasteiger partial charge in [-0.25, -0.2) is 0 Å². The van der Waals surface area contributed by atoms with E-state index in [1.165, 1.54) is 11.1 Å². The Morgan fingerprint density at radius 3 is 2.53 bits per heavy atom. The Kier molecular flexibility index (Phi) is 2.64. The number of aryl methyl sites for hydroxylation is 1. The predicted octanol–water partition coefficient (Wildman–Crippen LogP) is 1.32. The Labute approximate surface area is 88.7 Å². The summed E-state index contributed by atoms with van der Waals surface area (Å²) in [6.45, 7) is 3.99. The van der Waals surface area contributed by atoms with Crippen molar-refractivity contribution in [2.75, 3.05) is 6.54 Å². The molecule has 0 saturated heterocycles. The lowest BCUT2D eigenvalue weighted by Crippen LogP contribution is -2.18. The van der Waals surface area contributed by atoms with Gasteiger partial charge in [0.15, 0.2) is 0 Å². The van der Waals surface area contributed by atoms with Crippen molar-refractivity contribution < 1.29 is 9.59 Å². The number of hydrogen-bond acceptors (Lipinski definition) is 3. The molecule has 0 amide bonds. The van der Waals surface area contributed by atoms with Crippen molar-refractivity contribution in [3.8, 4) is 0 Å². The first-order valence-corrected chi connectivity index (χ1v) is 4.98. The minimum atomic E-state index is 0.462. The van der Waals surface area contributed by atoms with E-state index in [1.54, 1.807) is 0 Å². The van der Waals surface area contributed by atoms with Crippen LogP contribution in [0.3, 0.4) is 0 Å². The second-order valence-electron chi connectivity index (χ2n) is 3.93. The lowest BCUT2D eigenvalue weighted by Gasteiger charge is -2.08. The van der Waals surface area contributed by atoms with Gasteiger partial charge in [0, 0.05) is 18.7 Å². The molecule has 1 aliphatic rings. The van der Waals surface area contributed by atoms with Gasteiger partial charge in [0.1, 0.15) is 12.6 Å². The first-order chi connectivity index (χ1) is 7.24. The van der Waals surface area contributed by atoms with Crippen LogP contribution in [0, 0.1) is 6.92 Å². The van der Waals surface area contributed by atoms with Crippen LogP contribution >= 0.6 is 0 Å². The van der Waals surface area contributed by atoms with E-state index in [-0.39, 0.29) is 0 Å². The monoisotopic (exact) mass is 203 g/mol. The quantitative estimate of drug-likeness (QED) is 0.695. The zero-order valence-electron chi connectivity index (χ0n) is 8.69. The predicted molar refractivity (Wildman–Crippen MR) is 56.7 cm³/mol. The molecule has 15 heavy (non-hydrogen) atoms. The van der Waals surface area contributed by atoms with E-state index in [2.05, 4.69) is 4.90 Å². The highest BCUT2D eigenvalue weighted by Gasteiger charge is 2.19. The number of nitrogens with zero attached hydrogens (tertiary/aromatic N) is 1. The molecule has 0 fully saturated rings. The molecule has 0 saturated carbocycles. The van der Waals surface area contributed by atoms with Crippen molar-refractivity contribution in [1.29, 1.82) is 0 Å². The minimum Gasteiger partial charge on any atom is -0.302 e. The topological polar surface area (TPSA) is 37.4 Å². The van der Waals surface area contributed by atoms with Crippen LogP contribution in [0.2, 0.25) is 0 Å². The summed E-state index contributed by atoms with van der Waals surface area (Å²) in [4.78, 5) is 23.2. The van der Waals surface area contributed by atoms with Gasteiger partial charge in [-0.2, -0.15) is 0 Å². The van der Waals surface area contributed by atoms with Crippen LogP contribution in [0.4, 0.5) is 0 Å². The SMILES string of the molecule is Cc1cc2c(cc1C=O)CN(CC=O)C2.